The maximum absolute atomic E-state index is 11.4. The van der Waals surface area contributed by atoms with Crippen LogP contribution in [0.4, 0.5) is 0 Å². The Balaban J connectivity index is 1.77. The first-order chi connectivity index (χ1) is 11.4. The van der Waals surface area contributed by atoms with Crippen molar-refractivity contribution in [3.63, 3.8) is 0 Å². The number of ether oxygens (including phenoxy) is 2. The molecule has 24 heavy (non-hydrogen) atoms. The summed E-state index contributed by atoms with van der Waals surface area (Å²) in [4.78, 5) is 13.9. The van der Waals surface area contributed by atoms with E-state index in [2.05, 4.69) is 31.7 Å². The van der Waals surface area contributed by atoms with Gasteiger partial charge in [0.1, 0.15) is 0 Å². The Kier molecular flexibility index (Phi) is 5.36. The maximum Gasteiger partial charge on any atom is 0.302 e. The molecule has 2 bridgehead atoms. The fourth-order valence-electron chi connectivity index (χ4n) is 5.19. The van der Waals surface area contributed by atoms with Crippen molar-refractivity contribution in [1.82, 2.24) is 4.90 Å². The van der Waals surface area contributed by atoms with Gasteiger partial charge in [0.2, 0.25) is 0 Å². The molecule has 2 heterocycles. The summed E-state index contributed by atoms with van der Waals surface area (Å²) in [5.74, 6) is 1.09. The van der Waals surface area contributed by atoms with Crippen molar-refractivity contribution >= 4 is 5.97 Å². The first-order valence-electron chi connectivity index (χ1n) is 9.59. The summed E-state index contributed by atoms with van der Waals surface area (Å²) >= 11 is 0. The van der Waals surface area contributed by atoms with Crippen LogP contribution in [0.3, 0.4) is 0 Å². The summed E-state index contributed by atoms with van der Waals surface area (Å²) in [5.41, 5.74) is 1.38. The van der Waals surface area contributed by atoms with Gasteiger partial charge in [0, 0.05) is 24.8 Å². The molecule has 0 aromatic rings. The van der Waals surface area contributed by atoms with Gasteiger partial charge < -0.3 is 14.4 Å². The van der Waals surface area contributed by atoms with Crippen LogP contribution in [0, 0.1) is 23.2 Å². The molecule has 136 valence electrons. The van der Waals surface area contributed by atoms with Crippen LogP contribution in [-0.4, -0.2) is 49.8 Å². The lowest BCUT2D eigenvalue weighted by Gasteiger charge is -2.55. The van der Waals surface area contributed by atoms with Gasteiger partial charge in [0.15, 0.2) is 0 Å². The quantitative estimate of drug-likeness (QED) is 0.584. The lowest BCUT2D eigenvalue weighted by Crippen LogP contribution is -2.58. The number of esters is 1. The van der Waals surface area contributed by atoms with E-state index >= 15 is 0 Å². The van der Waals surface area contributed by atoms with E-state index in [-0.39, 0.29) is 17.5 Å². The summed E-state index contributed by atoms with van der Waals surface area (Å²) in [6, 6.07) is 0. The van der Waals surface area contributed by atoms with Crippen molar-refractivity contribution in [3.05, 3.63) is 11.6 Å². The van der Waals surface area contributed by atoms with Crippen LogP contribution in [0.25, 0.3) is 0 Å². The number of rotatable bonds is 4. The highest BCUT2D eigenvalue weighted by molar-refractivity contribution is 5.65. The number of hydrogen-bond acceptors (Lipinski definition) is 4. The van der Waals surface area contributed by atoms with Crippen molar-refractivity contribution in [1.29, 1.82) is 0 Å². The van der Waals surface area contributed by atoms with E-state index in [1.807, 2.05) is 0 Å². The van der Waals surface area contributed by atoms with Crippen LogP contribution in [-0.2, 0) is 14.3 Å². The Morgan fingerprint density at radius 1 is 1.33 bits per heavy atom. The van der Waals surface area contributed by atoms with Crippen LogP contribution < -0.4 is 0 Å². The monoisotopic (exact) mass is 335 g/mol. The minimum atomic E-state index is -0.193. The Hall–Kier alpha value is -0.870. The van der Waals surface area contributed by atoms with E-state index in [4.69, 9.17) is 9.47 Å². The first-order valence-corrected chi connectivity index (χ1v) is 9.59. The fraction of sp³-hybridized carbons (Fsp3) is 0.850. The molecule has 2 fully saturated rings. The number of allylic oxidation sites excluding steroid dienone is 1. The zero-order valence-electron chi connectivity index (χ0n) is 15.7. The number of hydrogen-bond donors (Lipinski definition) is 0. The summed E-state index contributed by atoms with van der Waals surface area (Å²) in [6.45, 7) is 13.0. The molecule has 0 radical (unpaired) electrons. The lowest BCUT2D eigenvalue weighted by molar-refractivity contribution is -0.182. The number of fused-ring (bicyclic) bond motifs is 2. The van der Waals surface area contributed by atoms with Crippen LogP contribution in [0.15, 0.2) is 11.6 Å². The van der Waals surface area contributed by atoms with E-state index in [9.17, 15) is 4.79 Å². The molecule has 0 spiro atoms. The number of piperidine rings is 1. The second-order valence-electron chi connectivity index (χ2n) is 8.24. The van der Waals surface area contributed by atoms with E-state index in [1.165, 1.54) is 44.8 Å². The van der Waals surface area contributed by atoms with Crippen LogP contribution in [0.5, 0.6) is 0 Å². The highest BCUT2D eigenvalue weighted by Crippen LogP contribution is 2.52. The van der Waals surface area contributed by atoms with Crippen molar-refractivity contribution in [2.75, 3.05) is 32.8 Å². The normalized spacial score (nSPS) is 40.1. The molecule has 3 aliphatic rings. The molecule has 2 saturated heterocycles. The number of nitrogens with zero attached hydrogens (tertiary/aromatic N) is 1. The molecule has 1 aliphatic carbocycles. The molecule has 0 aromatic carbocycles. The summed E-state index contributed by atoms with van der Waals surface area (Å²) < 4.78 is 11.9. The largest absolute Gasteiger partial charge is 0.465 e. The third-order valence-electron chi connectivity index (χ3n) is 6.79. The summed E-state index contributed by atoms with van der Waals surface area (Å²) in [6.07, 6.45) is 6.67. The van der Waals surface area contributed by atoms with E-state index < -0.39 is 0 Å². The number of carbonyl (C=O) groups is 1. The Morgan fingerprint density at radius 2 is 2.04 bits per heavy atom. The highest BCUT2D eigenvalue weighted by atomic mass is 16.5. The van der Waals surface area contributed by atoms with Crippen LogP contribution in [0.1, 0.15) is 47.0 Å². The van der Waals surface area contributed by atoms with Gasteiger partial charge in [-0.2, -0.15) is 0 Å². The van der Waals surface area contributed by atoms with Crippen molar-refractivity contribution in [2.45, 2.75) is 53.1 Å². The zero-order chi connectivity index (χ0) is 17.3. The minimum Gasteiger partial charge on any atom is -0.465 e. The zero-order valence-corrected chi connectivity index (χ0v) is 15.7. The predicted octanol–water partition coefficient (Wildman–Crippen LogP) is 3.27. The van der Waals surface area contributed by atoms with Crippen molar-refractivity contribution in [2.24, 2.45) is 23.2 Å². The average molecular weight is 335 g/mol. The van der Waals surface area contributed by atoms with Gasteiger partial charge in [-0.15, -0.1) is 0 Å². The third-order valence-corrected chi connectivity index (χ3v) is 6.79. The molecular weight excluding hydrogens is 302 g/mol. The molecule has 0 unspecified atom stereocenters. The Bertz CT molecular complexity index is 497. The molecule has 0 aromatic heterocycles. The van der Waals surface area contributed by atoms with E-state index in [1.54, 1.807) is 0 Å². The van der Waals surface area contributed by atoms with Crippen molar-refractivity contribution in [3.8, 4) is 0 Å². The Labute approximate surface area is 146 Å². The van der Waals surface area contributed by atoms with Gasteiger partial charge in [-0.1, -0.05) is 31.9 Å². The van der Waals surface area contributed by atoms with Crippen molar-refractivity contribution < 1.29 is 14.3 Å². The molecule has 3 rings (SSSR count). The van der Waals surface area contributed by atoms with Crippen LogP contribution >= 0.6 is 0 Å². The van der Waals surface area contributed by atoms with Gasteiger partial charge in [0.05, 0.1) is 19.3 Å². The second-order valence-corrected chi connectivity index (χ2v) is 8.24. The molecular formula is C20H33NO3. The number of likely N-dealkylation sites (tertiary alicyclic amines) is 1. The third kappa shape index (κ3) is 3.28. The summed E-state index contributed by atoms with van der Waals surface area (Å²) in [7, 11) is 0. The molecule has 0 amide bonds. The molecule has 0 saturated carbocycles. The van der Waals surface area contributed by atoms with Gasteiger partial charge in [-0.05, 0) is 44.7 Å². The molecule has 5 atom stereocenters. The Morgan fingerprint density at radius 3 is 2.71 bits per heavy atom. The maximum atomic E-state index is 11.4. The van der Waals surface area contributed by atoms with Gasteiger partial charge in [0.25, 0.3) is 0 Å². The standard InChI is InChI=1S/C20H33NO3/c1-14-10-15(2)20(12-23-17(4)22)13-24-18(19(14)16(20)3)11-21-8-6-5-7-9-21/h10,15-16,18-19H,5-9,11-13H2,1-4H3/t15-,16+,18+,19-,20-/m1/s1. The minimum absolute atomic E-state index is 0.0752. The fourth-order valence-corrected chi connectivity index (χ4v) is 5.19. The molecule has 4 heteroatoms. The van der Waals surface area contributed by atoms with Gasteiger partial charge in [-0.3, -0.25) is 4.79 Å². The smallest absolute Gasteiger partial charge is 0.302 e. The van der Waals surface area contributed by atoms with E-state index in [0.717, 1.165) is 6.54 Å². The van der Waals surface area contributed by atoms with Crippen LogP contribution in [0.2, 0.25) is 0 Å². The topological polar surface area (TPSA) is 38.8 Å². The lowest BCUT2D eigenvalue weighted by atomic mass is 9.56. The second kappa shape index (κ2) is 7.17. The highest BCUT2D eigenvalue weighted by Gasteiger charge is 2.54. The molecule has 0 N–H and O–H groups in total. The molecule has 4 nitrogen and oxygen atoms in total. The first kappa shape index (κ1) is 17.9. The molecule has 2 aliphatic heterocycles. The van der Waals surface area contributed by atoms with Gasteiger partial charge in [-0.25, -0.2) is 0 Å². The van der Waals surface area contributed by atoms with Gasteiger partial charge >= 0.3 is 5.97 Å². The SMILES string of the molecule is CC(=O)OC[C@@]12CO[C@@H](CN3CCCCC3)[C@H](C(C)=C[C@H]1C)[C@@H]2C. The van der Waals surface area contributed by atoms with E-state index in [0.29, 0.717) is 31.0 Å². The number of carbonyl (C=O) groups excluding carboxylic acids is 1. The summed E-state index contributed by atoms with van der Waals surface area (Å²) in [5, 5.41) is 0. The predicted molar refractivity (Wildman–Crippen MR) is 94.7 cm³/mol. The average Bonchev–Trinajstić information content (AvgIpc) is 2.54.